The predicted molar refractivity (Wildman–Crippen MR) is 88.0 cm³/mol. The summed E-state index contributed by atoms with van der Waals surface area (Å²) < 4.78 is 1.79. The van der Waals surface area contributed by atoms with Gasteiger partial charge < -0.3 is 5.32 Å². The fourth-order valence-corrected chi connectivity index (χ4v) is 2.14. The van der Waals surface area contributed by atoms with E-state index in [2.05, 4.69) is 20.3 Å². The fraction of sp³-hybridized carbons (Fsp3) is 0.125. The molecule has 0 spiro atoms. The van der Waals surface area contributed by atoms with E-state index in [1.165, 1.54) is 0 Å². The average molecular weight is 328 g/mol. The highest BCUT2D eigenvalue weighted by Crippen LogP contribution is 2.13. The van der Waals surface area contributed by atoms with Crippen LogP contribution in [0.5, 0.6) is 0 Å². The lowest BCUT2D eigenvalue weighted by Crippen LogP contribution is -2.12. The number of aryl methyl sites for hydroxylation is 1. The first-order chi connectivity index (χ1) is 11.0. The number of hydrogen-bond donors (Lipinski definition) is 1. The molecular formula is C16H14ClN5O. The molecule has 0 aliphatic heterocycles. The van der Waals surface area contributed by atoms with E-state index < -0.39 is 0 Å². The lowest BCUT2D eigenvalue weighted by Gasteiger charge is -2.07. The van der Waals surface area contributed by atoms with Gasteiger partial charge in [0, 0.05) is 16.3 Å². The highest BCUT2D eigenvalue weighted by Gasteiger charge is 2.09. The molecule has 3 rings (SSSR count). The topological polar surface area (TPSA) is 72.7 Å². The summed E-state index contributed by atoms with van der Waals surface area (Å²) in [6.45, 7) is 3.87. The van der Waals surface area contributed by atoms with Crippen LogP contribution in [0.1, 0.15) is 21.7 Å². The Morgan fingerprint density at radius 2 is 1.74 bits per heavy atom. The van der Waals surface area contributed by atoms with Crippen molar-refractivity contribution in [2.24, 2.45) is 0 Å². The van der Waals surface area contributed by atoms with Gasteiger partial charge >= 0.3 is 0 Å². The molecule has 0 atom stereocenters. The number of halogens is 1. The minimum absolute atomic E-state index is 0.243. The summed E-state index contributed by atoms with van der Waals surface area (Å²) in [5.41, 5.74) is 2.93. The van der Waals surface area contributed by atoms with Crippen molar-refractivity contribution in [1.29, 1.82) is 0 Å². The first-order valence-corrected chi connectivity index (χ1v) is 7.32. The highest BCUT2D eigenvalue weighted by molar-refractivity contribution is 6.30. The van der Waals surface area contributed by atoms with Gasteiger partial charge in [0.25, 0.3) is 5.91 Å². The van der Waals surface area contributed by atoms with E-state index >= 15 is 0 Å². The zero-order chi connectivity index (χ0) is 16.4. The summed E-state index contributed by atoms with van der Waals surface area (Å²) in [6, 6.07) is 6.65. The number of amides is 1. The standard InChI is InChI=1S/C16H14ClN5O/c1-10-11(2)22(9-20-10)16-18-7-14(8-19-16)21-15(23)12-3-5-13(17)6-4-12/h3-9H,1-2H3,(H,21,23). The second kappa shape index (κ2) is 6.18. The van der Waals surface area contributed by atoms with E-state index in [9.17, 15) is 4.79 Å². The Morgan fingerprint density at radius 3 is 2.30 bits per heavy atom. The van der Waals surface area contributed by atoms with Crippen LogP contribution in [0.25, 0.3) is 5.95 Å². The lowest BCUT2D eigenvalue weighted by atomic mass is 10.2. The minimum Gasteiger partial charge on any atom is -0.319 e. The van der Waals surface area contributed by atoms with Crippen molar-refractivity contribution in [1.82, 2.24) is 19.5 Å². The maximum atomic E-state index is 12.1. The molecule has 7 heteroatoms. The lowest BCUT2D eigenvalue weighted by molar-refractivity contribution is 0.102. The number of imidazole rings is 1. The van der Waals surface area contributed by atoms with E-state index in [0.29, 0.717) is 22.2 Å². The van der Waals surface area contributed by atoms with E-state index in [1.807, 2.05) is 13.8 Å². The summed E-state index contributed by atoms with van der Waals surface area (Å²) >= 11 is 5.81. The van der Waals surface area contributed by atoms with Crippen LogP contribution < -0.4 is 5.32 Å². The van der Waals surface area contributed by atoms with Crippen molar-refractivity contribution in [2.75, 3.05) is 5.32 Å². The van der Waals surface area contributed by atoms with Gasteiger partial charge in [-0.15, -0.1) is 0 Å². The van der Waals surface area contributed by atoms with Gasteiger partial charge in [0.1, 0.15) is 6.33 Å². The van der Waals surface area contributed by atoms with Crippen molar-refractivity contribution in [3.8, 4) is 5.95 Å². The summed E-state index contributed by atoms with van der Waals surface area (Å²) in [5, 5.41) is 3.33. The van der Waals surface area contributed by atoms with Gasteiger partial charge in [-0.05, 0) is 38.1 Å². The maximum Gasteiger partial charge on any atom is 0.255 e. The number of nitrogens with zero attached hydrogens (tertiary/aromatic N) is 4. The third-order valence-electron chi connectivity index (χ3n) is 3.47. The van der Waals surface area contributed by atoms with Gasteiger partial charge in [-0.25, -0.2) is 15.0 Å². The first-order valence-electron chi connectivity index (χ1n) is 6.94. The van der Waals surface area contributed by atoms with Gasteiger partial charge in [-0.3, -0.25) is 9.36 Å². The van der Waals surface area contributed by atoms with Crippen LogP contribution in [0, 0.1) is 13.8 Å². The molecule has 1 amide bonds. The van der Waals surface area contributed by atoms with Crippen LogP contribution in [0.2, 0.25) is 5.02 Å². The van der Waals surface area contributed by atoms with Crippen LogP contribution >= 0.6 is 11.6 Å². The van der Waals surface area contributed by atoms with Crippen LogP contribution in [0.15, 0.2) is 43.0 Å². The molecule has 0 fully saturated rings. The molecule has 116 valence electrons. The third-order valence-corrected chi connectivity index (χ3v) is 3.72. The van der Waals surface area contributed by atoms with Gasteiger partial charge in [0.15, 0.2) is 0 Å². The number of hydrogen-bond acceptors (Lipinski definition) is 4. The number of nitrogens with one attached hydrogen (secondary N) is 1. The molecule has 1 N–H and O–H groups in total. The Morgan fingerprint density at radius 1 is 1.09 bits per heavy atom. The van der Waals surface area contributed by atoms with E-state index in [-0.39, 0.29) is 5.91 Å². The molecule has 0 saturated heterocycles. The summed E-state index contributed by atoms with van der Waals surface area (Å²) in [7, 11) is 0. The summed E-state index contributed by atoms with van der Waals surface area (Å²) in [4.78, 5) is 24.8. The van der Waals surface area contributed by atoms with Crippen molar-refractivity contribution in [3.05, 3.63) is 65.0 Å². The molecule has 0 unspecified atom stereocenters. The smallest absolute Gasteiger partial charge is 0.255 e. The molecule has 3 aromatic rings. The molecule has 1 aromatic carbocycles. The minimum atomic E-state index is -0.243. The number of carbonyl (C=O) groups is 1. The van der Waals surface area contributed by atoms with Crippen molar-refractivity contribution in [3.63, 3.8) is 0 Å². The van der Waals surface area contributed by atoms with Crippen LogP contribution in [0.4, 0.5) is 5.69 Å². The third kappa shape index (κ3) is 3.22. The second-order valence-corrected chi connectivity index (χ2v) is 5.45. The van der Waals surface area contributed by atoms with E-state index in [1.54, 1.807) is 47.6 Å². The van der Waals surface area contributed by atoms with Crippen LogP contribution in [0.3, 0.4) is 0 Å². The largest absolute Gasteiger partial charge is 0.319 e. The molecular weight excluding hydrogens is 314 g/mol. The number of carbonyl (C=O) groups excluding carboxylic acids is 1. The van der Waals surface area contributed by atoms with Crippen LogP contribution in [-0.2, 0) is 0 Å². The summed E-state index contributed by atoms with van der Waals surface area (Å²) in [5.74, 6) is 0.264. The molecule has 2 aromatic heterocycles. The van der Waals surface area contributed by atoms with E-state index in [0.717, 1.165) is 11.4 Å². The number of benzene rings is 1. The van der Waals surface area contributed by atoms with Gasteiger partial charge in [0.2, 0.25) is 5.95 Å². The van der Waals surface area contributed by atoms with Gasteiger partial charge in [-0.2, -0.15) is 0 Å². The van der Waals surface area contributed by atoms with Gasteiger partial charge in [0.05, 0.1) is 23.8 Å². The first kappa shape index (κ1) is 15.2. The highest BCUT2D eigenvalue weighted by atomic mass is 35.5. The monoisotopic (exact) mass is 327 g/mol. The van der Waals surface area contributed by atoms with Crippen molar-refractivity contribution < 1.29 is 4.79 Å². The zero-order valence-electron chi connectivity index (χ0n) is 12.6. The average Bonchev–Trinajstić information content (AvgIpc) is 2.88. The Labute approximate surface area is 138 Å². The molecule has 0 aliphatic rings. The van der Waals surface area contributed by atoms with E-state index in [4.69, 9.17) is 11.6 Å². The molecule has 23 heavy (non-hydrogen) atoms. The number of rotatable bonds is 3. The quantitative estimate of drug-likeness (QED) is 0.802. The molecule has 6 nitrogen and oxygen atoms in total. The Hall–Kier alpha value is -2.73. The zero-order valence-corrected chi connectivity index (χ0v) is 13.4. The Bertz CT molecular complexity index is 840. The molecule has 0 bridgehead atoms. The van der Waals surface area contributed by atoms with Crippen molar-refractivity contribution in [2.45, 2.75) is 13.8 Å². The molecule has 2 heterocycles. The SMILES string of the molecule is Cc1ncn(-c2ncc(NC(=O)c3ccc(Cl)cc3)cn2)c1C. The molecule has 0 saturated carbocycles. The number of anilines is 1. The van der Waals surface area contributed by atoms with Crippen molar-refractivity contribution >= 4 is 23.2 Å². The predicted octanol–water partition coefficient (Wildman–Crippen LogP) is 3.18. The Balaban J connectivity index is 1.76. The fourth-order valence-electron chi connectivity index (χ4n) is 2.02. The molecule has 0 aliphatic carbocycles. The Kier molecular flexibility index (Phi) is 4.08. The van der Waals surface area contributed by atoms with Gasteiger partial charge in [-0.1, -0.05) is 11.6 Å². The summed E-state index contributed by atoms with van der Waals surface area (Å²) in [6.07, 6.45) is 4.79. The number of aromatic nitrogens is 4. The maximum absolute atomic E-state index is 12.1. The normalized spacial score (nSPS) is 10.6. The second-order valence-electron chi connectivity index (χ2n) is 5.02. The molecule has 0 radical (unpaired) electrons. The van der Waals surface area contributed by atoms with Crippen LogP contribution in [-0.4, -0.2) is 25.4 Å².